The number of hydrogen-bond acceptors (Lipinski definition) is 12. The quantitative estimate of drug-likeness (QED) is 0.244. The normalized spacial score (nSPS) is 17.7. The number of nitrogens with one attached hydrogen (secondary N) is 2. The van der Waals surface area contributed by atoms with E-state index in [0.717, 1.165) is 10.5 Å². The summed E-state index contributed by atoms with van der Waals surface area (Å²) in [6.45, 7) is 11.1. The van der Waals surface area contributed by atoms with Gasteiger partial charge in [0.1, 0.15) is 12.4 Å². The maximum atomic E-state index is 13.3. The first-order valence-electron chi connectivity index (χ1n) is 13.4. The van der Waals surface area contributed by atoms with Gasteiger partial charge in [0.2, 0.25) is 0 Å². The Labute approximate surface area is 250 Å². The van der Waals surface area contributed by atoms with Crippen molar-refractivity contribution in [3.8, 4) is 11.3 Å². The highest BCUT2D eigenvalue weighted by Gasteiger charge is 2.19. The third-order valence-electron chi connectivity index (χ3n) is 5.93. The molecule has 0 saturated heterocycles. The van der Waals surface area contributed by atoms with Crippen molar-refractivity contribution in [1.29, 1.82) is 0 Å². The highest BCUT2D eigenvalue weighted by molar-refractivity contribution is 7.97. The van der Waals surface area contributed by atoms with Gasteiger partial charge in [0.15, 0.2) is 11.5 Å². The zero-order valence-electron chi connectivity index (χ0n) is 24.0. The molecule has 226 valence electrons. The molecule has 0 unspecified atom stereocenters. The predicted molar refractivity (Wildman–Crippen MR) is 161 cm³/mol. The lowest BCUT2D eigenvalue weighted by Crippen LogP contribution is -2.27. The van der Waals surface area contributed by atoms with E-state index in [0.29, 0.717) is 62.2 Å². The summed E-state index contributed by atoms with van der Waals surface area (Å²) in [7, 11) is 3.15. The number of allylic oxidation sites excluding steroid dienone is 1. The fourth-order valence-corrected chi connectivity index (χ4v) is 4.70. The summed E-state index contributed by atoms with van der Waals surface area (Å²) in [4.78, 5) is 34.7. The molecule has 2 aliphatic rings. The van der Waals surface area contributed by atoms with Gasteiger partial charge in [-0.2, -0.15) is 0 Å². The van der Waals surface area contributed by atoms with Crippen LogP contribution in [0.15, 0.2) is 71.6 Å². The van der Waals surface area contributed by atoms with Crippen LogP contribution in [0.4, 0.5) is 5.82 Å². The van der Waals surface area contributed by atoms with E-state index in [9.17, 15) is 9.59 Å². The summed E-state index contributed by atoms with van der Waals surface area (Å²) in [5.41, 5.74) is 8.16. The maximum Gasteiger partial charge on any atom is 0.306 e. The number of carbonyl (C=O) groups excluding carboxylic acids is 2. The van der Waals surface area contributed by atoms with Crippen molar-refractivity contribution in [2.75, 3.05) is 72.6 Å². The van der Waals surface area contributed by atoms with E-state index in [1.54, 1.807) is 7.05 Å². The van der Waals surface area contributed by atoms with Gasteiger partial charge in [-0.1, -0.05) is 25.3 Å². The largest absolute Gasteiger partial charge is 0.489 e. The first-order chi connectivity index (χ1) is 20.4. The van der Waals surface area contributed by atoms with Crippen molar-refractivity contribution < 1.29 is 28.5 Å². The number of amides is 1. The van der Waals surface area contributed by atoms with Gasteiger partial charge in [-0.3, -0.25) is 9.59 Å². The highest BCUT2D eigenvalue weighted by Crippen LogP contribution is 2.27. The summed E-state index contributed by atoms with van der Waals surface area (Å²) in [5.74, 6) is -0.513. The molecule has 1 aromatic carbocycles. The van der Waals surface area contributed by atoms with Gasteiger partial charge in [0.05, 0.1) is 57.5 Å². The number of esters is 1. The lowest BCUT2D eigenvalue weighted by molar-refractivity contribution is -0.140. The van der Waals surface area contributed by atoms with Crippen molar-refractivity contribution in [2.24, 2.45) is 0 Å². The Morgan fingerprint density at radius 2 is 1.93 bits per heavy atom. The molecular formula is C29H38N6O6S. The molecule has 0 radical (unpaired) electrons. The van der Waals surface area contributed by atoms with Crippen molar-refractivity contribution in [3.05, 3.63) is 72.4 Å². The van der Waals surface area contributed by atoms with Crippen LogP contribution in [0.25, 0.3) is 11.3 Å². The van der Waals surface area contributed by atoms with E-state index < -0.39 is 5.91 Å². The number of anilines is 1. The Morgan fingerprint density at radius 1 is 1.21 bits per heavy atom. The average molecular weight is 599 g/mol. The minimum Gasteiger partial charge on any atom is -0.489 e. The first-order valence-corrected chi connectivity index (χ1v) is 14.1. The van der Waals surface area contributed by atoms with Crippen LogP contribution in [-0.4, -0.2) is 93.0 Å². The zero-order valence-corrected chi connectivity index (χ0v) is 24.8. The van der Waals surface area contributed by atoms with E-state index in [2.05, 4.69) is 33.8 Å². The molecule has 4 bridgehead atoms. The molecule has 4 N–H and O–H groups in total. The van der Waals surface area contributed by atoms with Crippen LogP contribution >= 0.6 is 11.9 Å². The summed E-state index contributed by atoms with van der Waals surface area (Å²) in [5, 5.41) is 5.82. The standard InChI is InChI=1S/C29H38N6O6S/c1-5-23-27(20(2)18-31-3)41-17-16-40-15-14-39-13-12-35(11-10-25(36)38-4)42-22-8-6-21(7-9-22)24-19-32-28(30)26(33-24)29(37)34-23/h5-9,19,31H,1-2,10-18H2,3-4H3,(H2,30,32)(H,34,37)/b27-23-. The van der Waals surface area contributed by atoms with Gasteiger partial charge in [0.25, 0.3) is 5.91 Å². The Morgan fingerprint density at radius 3 is 2.62 bits per heavy atom. The van der Waals surface area contributed by atoms with Gasteiger partial charge in [-0.05, 0) is 37.2 Å². The SMILES string of the molecule is C=C/C1=C(\C(=C)CNC)OCCOCCOCCN(CCC(=O)OC)Sc2ccc(cc2)-c2cnc(N)c(n2)C(=O)N1. The van der Waals surface area contributed by atoms with Crippen LogP contribution in [0.2, 0.25) is 0 Å². The number of carbonyl (C=O) groups is 2. The molecule has 4 rings (SSSR count). The molecule has 0 aliphatic carbocycles. The lowest BCUT2D eigenvalue weighted by Gasteiger charge is -2.21. The predicted octanol–water partition coefficient (Wildman–Crippen LogP) is 2.56. The molecule has 1 amide bonds. The number of aromatic nitrogens is 2. The molecule has 3 heterocycles. The van der Waals surface area contributed by atoms with Crippen LogP contribution in [0.5, 0.6) is 0 Å². The van der Waals surface area contributed by atoms with Gasteiger partial charge in [0, 0.05) is 35.7 Å². The monoisotopic (exact) mass is 598 g/mol. The van der Waals surface area contributed by atoms with E-state index >= 15 is 0 Å². The number of likely N-dealkylation sites (N-methyl/N-ethyl adjacent to an activating group) is 1. The van der Waals surface area contributed by atoms with Crippen LogP contribution in [0, 0.1) is 0 Å². The summed E-state index contributed by atoms with van der Waals surface area (Å²) < 4.78 is 24.2. The molecular weight excluding hydrogens is 560 g/mol. The lowest BCUT2D eigenvalue weighted by atomic mass is 10.1. The molecule has 42 heavy (non-hydrogen) atoms. The Kier molecular flexibility index (Phi) is 13.5. The second kappa shape index (κ2) is 17.3. The number of methoxy groups -OCH3 is 1. The topological polar surface area (TPSA) is 150 Å². The van der Waals surface area contributed by atoms with Crippen molar-refractivity contribution in [3.63, 3.8) is 0 Å². The molecule has 13 heteroatoms. The van der Waals surface area contributed by atoms with Crippen LogP contribution in [0.3, 0.4) is 0 Å². The number of fused-ring (bicyclic) bond motifs is 15. The van der Waals surface area contributed by atoms with E-state index in [1.807, 2.05) is 28.6 Å². The van der Waals surface area contributed by atoms with Crippen molar-refractivity contribution in [2.45, 2.75) is 11.3 Å². The molecule has 0 spiro atoms. The number of benzene rings is 1. The third kappa shape index (κ3) is 9.96. The number of nitrogens with zero attached hydrogens (tertiary/aromatic N) is 3. The van der Waals surface area contributed by atoms with Crippen LogP contribution in [-0.2, 0) is 23.7 Å². The van der Waals surface area contributed by atoms with Gasteiger partial charge >= 0.3 is 5.97 Å². The summed E-state index contributed by atoms with van der Waals surface area (Å²) >= 11 is 1.50. The Balaban J connectivity index is 1.91. The van der Waals surface area contributed by atoms with Crippen molar-refractivity contribution >= 4 is 29.6 Å². The summed E-state index contributed by atoms with van der Waals surface area (Å²) in [6, 6.07) is 7.62. The number of hydrogen-bond donors (Lipinski definition) is 3. The highest BCUT2D eigenvalue weighted by atomic mass is 32.2. The smallest absolute Gasteiger partial charge is 0.306 e. The number of nitrogen functional groups attached to an aromatic ring is 1. The average Bonchev–Trinajstić information content (AvgIpc) is 2.99. The molecule has 2 aromatic rings. The molecule has 0 fully saturated rings. The van der Waals surface area contributed by atoms with Crippen LogP contribution < -0.4 is 16.4 Å². The molecule has 1 aromatic heterocycles. The van der Waals surface area contributed by atoms with Gasteiger partial charge in [-0.15, -0.1) is 0 Å². The number of rotatable bonds is 7. The van der Waals surface area contributed by atoms with E-state index in [4.69, 9.17) is 24.7 Å². The molecule has 0 saturated carbocycles. The fraction of sp³-hybridized carbons (Fsp3) is 0.379. The molecule has 12 nitrogen and oxygen atoms in total. The van der Waals surface area contributed by atoms with Gasteiger partial charge in [-0.25, -0.2) is 14.3 Å². The minimum absolute atomic E-state index is 0.0188. The van der Waals surface area contributed by atoms with Gasteiger partial charge < -0.3 is 35.3 Å². The van der Waals surface area contributed by atoms with Crippen molar-refractivity contribution in [1.82, 2.24) is 24.9 Å². The molecule has 0 atom stereocenters. The second-order valence-electron chi connectivity index (χ2n) is 8.97. The third-order valence-corrected chi connectivity index (χ3v) is 7.04. The fourth-order valence-electron chi connectivity index (χ4n) is 3.80. The Bertz CT molecular complexity index is 1270. The minimum atomic E-state index is -0.570. The number of ether oxygens (including phenoxy) is 4. The molecule has 2 aliphatic heterocycles. The van der Waals surface area contributed by atoms with E-state index in [-0.39, 0.29) is 37.1 Å². The zero-order chi connectivity index (χ0) is 30.3. The maximum absolute atomic E-state index is 13.3. The first kappa shape index (κ1) is 32.8. The van der Waals surface area contributed by atoms with Crippen LogP contribution in [0.1, 0.15) is 16.9 Å². The number of nitrogens with two attached hydrogens (primary N) is 1. The second-order valence-corrected chi connectivity index (χ2v) is 10.1. The van der Waals surface area contributed by atoms with E-state index in [1.165, 1.54) is 31.3 Å². The Hall–Kier alpha value is -3.75. The summed E-state index contributed by atoms with van der Waals surface area (Å²) in [6.07, 6.45) is 3.24.